The number of rotatable bonds is 8. The summed E-state index contributed by atoms with van der Waals surface area (Å²) >= 11 is 0. The first-order valence-corrected chi connectivity index (χ1v) is 22.9. The third kappa shape index (κ3) is 6.74. The van der Waals surface area contributed by atoms with Crippen molar-refractivity contribution in [2.45, 2.75) is 0 Å². The van der Waals surface area contributed by atoms with E-state index in [0.717, 1.165) is 105 Å². The zero-order chi connectivity index (χ0) is 45.0. The summed E-state index contributed by atoms with van der Waals surface area (Å²) in [4.78, 5) is 21.3. The van der Waals surface area contributed by atoms with Gasteiger partial charge in [0, 0.05) is 49.5 Å². The van der Waals surface area contributed by atoms with Gasteiger partial charge in [0.1, 0.15) is 0 Å². The molecule has 0 atom stereocenters. The minimum absolute atomic E-state index is 0.540. The largest absolute Gasteiger partial charge is 0.307 e. The average Bonchev–Trinajstić information content (AvgIpc) is 3.95. The monoisotopic (exact) mass is 868 g/mol. The fourth-order valence-corrected chi connectivity index (χ4v) is 9.79. The molecule has 0 spiro atoms. The van der Waals surface area contributed by atoms with Crippen molar-refractivity contribution in [2.24, 2.45) is 0 Å². The van der Waals surface area contributed by atoms with Crippen molar-refractivity contribution in [1.29, 1.82) is 0 Å². The Bertz CT molecular complexity index is 3950. The maximum absolute atomic E-state index is 5.41. The standard InChI is InChI=1S/C62H40N6/c1-5-19-41(20-6-1)45-27-17-29-47(37-45)61-64-60(44-25-11-4-12-26-44)65-62(66-61)68-57-34-16-14-32-51(57)53-36-35-52-50-31-13-15-33-56(50)67(58(52)59(53)68)49-30-18-28-46(38-49)55-40-48(42-21-7-2-8-22-42)39-54(63-55)43-23-9-3-10-24-43/h1-40H. The number of fused-ring (bicyclic) bond motifs is 7. The van der Waals surface area contributed by atoms with Gasteiger partial charge >= 0.3 is 0 Å². The molecule has 0 radical (unpaired) electrons. The van der Waals surface area contributed by atoms with E-state index in [2.05, 4.69) is 221 Å². The molecule has 6 heteroatoms. The number of benzene rings is 9. The second-order valence-electron chi connectivity index (χ2n) is 17.1. The highest BCUT2D eigenvalue weighted by Crippen LogP contribution is 2.42. The Labute approximate surface area is 392 Å². The first kappa shape index (κ1) is 39.1. The van der Waals surface area contributed by atoms with E-state index in [4.69, 9.17) is 19.9 Å². The summed E-state index contributed by atoms with van der Waals surface area (Å²) in [6.45, 7) is 0. The first-order valence-electron chi connectivity index (χ1n) is 22.9. The molecule has 0 N–H and O–H groups in total. The number of aromatic nitrogens is 6. The van der Waals surface area contributed by atoms with Crippen molar-refractivity contribution in [3.8, 4) is 79.2 Å². The summed E-state index contributed by atoms with van der Waals surface area (Å²) in [7, 11) is 0. The number of hydrogen-bond donors (Lipinski definition) is 0. The highest BCUT2D eigenvalue weighted by molar-refractivity contribution is 6.23. The SMILES string of the molecule is c1ccc(-c2cccc(-c3nc(-c4ccccc4)nc(-n4c5ccccc5c5ccc6c7ccccc7n(-c7cccc(-c8cc(-c9ccccc9)cc(-c9ccccc9)n8)c7)c6c54)n3)c2)cc1. The normalized spacial score (nSPS) is 11.5. The lowest BCUT2D eigenvalue weighted by molar-refractivity contribution is 0.953. The van der Waals surface area contributed by atoms with Crippen LogP contribution in [0, 0.1) is 0 Å². The molecule has 4 aromatic heterocycles. The van der Waals surface area contributed by atoms with Crippen LogP contribution < -0.4 is 0 Å². The first-order chi connectivity index (χ1) is 33.7. The van der Waals surface area contributed by atoms with E-state index in [-0.39, 0.29) is 0 Å². The number of pyridine rings is 1. The molecule has 0 bridgehead atoms. The van der Waals surface area contributed by atoms with Crippen molar-refractivity contribution < 1.29 is 0 Å². The molecule has 0 aliphatic carbocycles. The van der Waals surface area contributed by atoms with Crippen LogP contribution in [0.15, 0.2) is 243 Å². The minimum atomic E-state index is 0.540. The third-order valence-corrected chi connectivity index (χ3v) is 13.0. The Morgan fingerprint density at radius 2 is 0.706 bits per heavy atom. The molecule has 318 valence electrons. The van der Waals surface area contributed by atoms with Crippen molar-refractivity contribution in [3.63, 3.8) is 0 Å². The minimum Gasteiger partial charge on any atom is -0.307 e. The maximum atomic E-state index is 5.41. The fourth-order valence-electron chi connectivity index (χ4n) is 9.79. The number of nitrogens with zero attached hydrogens (tertiary/aromatic N) is 6. The second kappa shape index (κ2) is 16.3. The molecular formula is C62H40N6. The van der Waals surface area contributed by atoms with Gasteiger partial charge in [0.2, 0.25) is 5.95 Å². The molecule has 68 heavy (non-hydrogen) atoms. The van der Waals surface area contributed by atoms with Crippen LogP contribution in [0.2, 0.25) is 0 Å². The van der Waals surface area contributed by atoms with E-state index in [9.17, 15) is 0 Å². The van der Waals surface area contributed by atoms with Gasteiger partial charge in [0.15, 0.2) is 11.6 Å². The Morgan fingerprint density at radius 1 is 0.250 bits per heavy atom. The molecule has 9 aromatic carbocycles. The summed E-state index contributed by atoms with van der Waals surface area (Å²) in [5, 5.41) is 4.50. The van der Waals surface area contributed by atoms with E-state index < -0.39 is 0 Å². The summed E-state index contributed by atoms with van der Waals surface area (Å²) in [5.41, 5.74) is 15.4. The van der Waals surface area contributed by atoms with Crippen LogP contribution in [-0.4, -0.2) is 29.1 Å². The molecule has 13 aromatic rings. The van der Waals surface area contributed by atoms with Gasteiger partial charge in [-0.3, -0.25) is 4.57 Å². The molecule has 13 rings (SSSR count). The Hall–Kier alpha value is -9.26. The summed E-state index contributed by atoms with van der Waals surface area (Å²) < 4.78 is 4.66. The predicted molar refractivity (Wildman–Crippen MR) is 279 cm³/mol. The average molecular weight is 869 g/mol. The van der Waals surface area contributed by atoms with Gasteiger partial charge < -0.3 is 4.57 Å². The van der Waals surface area contributed by atoms with Crippen LogP contribution in [-0.2, 0) is 0 Å². The van der Waals surface area contributed by atoms with E-state index in [1.165, 1.54) is 0 Å². The van der Waals surface area contributed by atoms with Gasteiger partial charge in [-0.15, -0.1) is 0 Å². The van der Waals surface area contributed by atoms with Crippen molar-refractivity contribution >= 4 is 43.6 Å². The lowest BCUT2D eigenvalue weighted by Crippen LogP contribution is -2.07. The molecule has 6 nitrogen and oxygen atoms in total. The van der Waals surface area contributed by atoms with Gasteiger partial charge in [-0.1, -0.05) is 200 Å². The maximum Gasteiger partial charge on any atom is 0.238 e. The van der Waals surface area contributed by atoms with Gasteiger partial charge in [0.25, 0.3) is 0 Å². The van der Waals surface area contributed by atoms with Crippen LogP contribution >= 0.6 is 0 Å². The van der Waals surface area contributed by atoms with E-state index in [1.807, 2.05) is 30.3 Å². The number of hydrogen-bond acceptors (Lipinski definition) is 4. The Morgan fingerprint density at radius 3 is 1.35 bits per heavy atom. The summed E-state index contributed by atoms with van der Waals surface area (Å²) in [6.07, 6.45) is 0. The molecule has 0 unspecified atom stereocenters. The molecule has 0 saturated heterocycles. The van der Waals surface area contributed by atoms with Gasteiger partial charge in [-0.05, 0) is 64.7 Å². The summed E-state index contributed by atoms with van der Waals surface area (Å²) in [5.74, 6) is 1.74. The van der Waals surface area contributed by atoms with Gasteiger partial charge in [0.05, 0.1) is 33.5 Å². The van der Waals surface area contributed by atoms with E-state index >= 15 is 0 Å². The van der Waals surface area contributed by atoms with Crippen LogP contribution in [0.5, 0.6) is 0 Å². The zero-order valence-corrected chi connectivity index (χ0v) is 36.8. The van der Waals surface area contributed by atoms with Crippen molar-refractivity contribution in [1.82, 2.24) is 29.1 Å². The number of para-hydroxylation sites is 2. The van der Waals surface area contributed by atoms with Crippen LogP contribution in [0.1, 0.15) is 0 Å². The Balaban J connectivity index is 1.07. The van der Waals surface area contributed by atoms with E-state index in [1.54, 1.807) is 0 Å². The second-order valence-corrected chi connectivity index (χ2v) is 17.1. The molecular weight excluding hydrogens is 829 g/mol. The van der Waals surface area contributed by atoms with Gasteiger partial charge in [-0.2, -0.15) is 9.97 Å². The smallest absolute Gasteiger partial charge is 0.238 e. The highest BCUT2D eigenvalue weighted by atomic mass is 15.2. The fraction of sp³-hybridized carbons (Fsp3) is 0. The lowest BCUT2D eigenvalue weighted by atomic mass is 10.00. The van der Waals surface area contributed by atoms with E-state index in [0.29, 0.717) is 17.6 Å². The predicted octanol–water partition coefficient (Wildman–Crippen LogP) is 15.5. The topological polar surface area (TPSA) is 61.4 Å². The quantitative estimate of drug-likeness (QED) is 0.153. The molecule has 4 heterocycles. The Kier molecular flexibility index (Phi) is 9.39. The van der Waals surface area contributed by atoms with Crippen LogP contribution in [0.4, 0.5) is 0 Å². The third-order valence-electron chi connectivity index (χ3n) is 13.0. The van der Waals surface area contributed by atoms with Crippen molar-refractivity contribution in [3.05, 3.63) is 243 Å². The molecule has 0 saturated carbocycles. The highest BCUT2D eigenvalue weighted by Gasteiger charge is 2.24. The van der Waals surface area contributed by atoms with Crippen LogP contribution in [0.3, 0.4) is 0 Å². The molecule has 0 fully saturated rings. The van der Waals surface area contributed by atoms with Crippen LogP contribution in [0.25, 0.3) is 123 Å². The summed E-state index contributed by atoms with van der Waals surface area (Å²) in [6, 6.07) is 85.1. The van der Waals surface area contributed by atoms with Gasteiger partial charge in [-0.25, -0.2) is 9.97 Å². The molecule has 0 amide bonds. The molecule has 0 aliphatic rings. The zero-order valence-electron chi connectivity index (χ0n) is 36.8. The molecule has 0 aliphatic heterocycles. The lowest BCUT2D eigenvalue weighted by Gasteiger charge is -2.15. The van der Waals surface area contributed by atoms with Crippen molar-refractivity contribution in [2.75, 3.05) is 0 Å².